The van der Waals surface area contributed by atoms with Crippen LogP contribution in [0.5, 0.6) is 0 Å². The van der Waals surface area contributed by atoms with Crippen LogP contribution in [0.2, 0.25) is 6.04 Å². The average Bonchev–Trinajstić information content (AvgIpc) is 2.42. The van der Waals surface area contributed by atoms with Crippen LogP contribution in [0.25, 0.3) is 0 Å². The fourth-order valence-corrected chi connectivity index (χ4v) is 4.95. The summed E-state index contributed by atoms with van der Waals surface area (Å²) in [6.45, 7) is 0. The summed E-state index contributed by atoms with van der Waals surface area (Å²) >= 11 is 0. The summed E-state index contributed by atoms with van der Waals surface area (Å²) < 4.78 is 0. The molecule has 2 aromatic carbocycles. The first-order valence-electron chi connectivity index (χ1n) is 5.88. The number of hydrogen-bond donors (Lipinski definition) is 0. The van der Waals surface area contributed by atoms with Gasteiger partial charge in [0.1, 0.15) is 8.80 Å². The molecular weight excluding hydrogens is 222 g/mol. The zero-order valence-corrected chi connectivity index (χ0v) is 10.9. The topological polar surface area (TPSA) is 23.8 Å². The minimum absolute atomic E-state index is 0.653. The Morgan fingerprint density at radius 1 is 0.824 bits per heavy atom. The zero-order chi connectivity index (χ0) is 11.9. The van der Waals surface area contributed by atoms with Crippen LogP contribution in [-0.4, -0.2) is 8.80 Å². The first-order valence-corrected chi connectivity index (χ1v) is 7.86. The summed E-state index contributed by atoms with van der Waals surface area (Å²) in [4.78, 5) is 0. The Hall–Kier alpha value is -1.85. The van der Waals surface area contributed by atoms with E-state index in [1.54, 1.807) is 0 Å². The van der Waals surface area contributed by atoms with E-state index in [-0.39, 0.29) is 0 Å². The third kappa shape index (κ3) is 3.05. The molecule has 84 valence electrons. The van der Waals surface area contributed by atoms with Crippen LogP contribution in [0.15, 0.2) is 60.7 Å². The molecule has 2 rings (SSSR count). The third-order valence-electron chi connectivity index (χ3n) is 2.95. The average molecular weight is 237 g/mol. The number of rotatable bonds is 4. The summed E-state index contributed by atoms with van der Waals surface area (Å²) in [7, 11) is -1.19. The third-order valence-corrected chi connectivity index (χ3v) is 6.19. The van der Waals surface area contributed by atoms with Gasteiger partial charge in [-0.1, -0.05) is 71.0 Å². The molecule has 0 spiro atoms. The van der Waals surface area contributed by atoms with Crippen molar-refractivity contribution in [3.8, 4) is 6.07 Å². The molecule has 0 saturated carbocycles. The van der Waals surface area contributed by atoms with Gasteiger partial charge in [-0.05, 0) is 6.04 Å². The van der Waals surface area contributed by atoms with Crippen LogP contribution in [0.1, 0.15) is 6.42 Å². The van der Waals surface area contributed by atoms with Crippen molar-refractivity contribution < 1.29 is 0 Å². The minimum Gasteiger partial charge on any atom is -0.198 e. The molecular formula is C15H15NSi. The van der Waals surface area contributed by atoms with Gasteiger partial charge in [0.25, 0.3) is 0 Å². The second-order valence-corrected chi connectivity index (χ2v) is 7.09. The fourth-order valence-electron chi connectivity index (χ4n) is 2.11. The molecule has 0 N–H and O–H groups in total. The van der Waals surface area contributed by atoms with E-state index < -0.39 is 8.80 Å². The van der Waals surface area contributed by atoms with E-state index in [1.165, 1.54) is 10.4 Å². The molecule has 0 bridgehead atoms. The normalized spacial score (nSPS) is 10.1. The Balaban J connectivity index is 2.30. The molecule has 17 heavy (non-hydrogen) atoms. The molecule has 2 aromatic rings. The number of benzene rings is 2. The molecule has 0 unspecified atom stereocenters. The van der Waals surface area contributed by atoms with Gasteiger partial charge in [0.2, 0.25) is 0 Å². The Morgan fingerprint density at radius 2 is 1.29 bits per heavy atom. The van der Waals surface area contributed by atoms with Crippen molar-refractivity contribution in [1.82, 2.24) is 0 Å². The fraction of sp³-hybridized carbons (Fsp3) is 0.133. The molecule has 2 heteroatoms. The minimum atomic E-state index is -1.19. The molecule has 0 aliphatic rings. The summed E-state index contributed by atoms with van der Waals surface area (Å²) in [5.41, 5.74) is 0. The summed E-state index contributed by atoms with van der Waals surface area (Å²) in [5, 5.41) is 11.6. The first kappa shape index (κ1) is 11.6. The van der Waals surface area contributed by atoms with Crippen molar-refractivity contribution in [2.45, 2.75) is 12.5 Å². The highest BCUT2D eigenvalue weighted by molar-refractivity contribution is 6.85. The van der Waals surface area contributed by atoms with Crippen molar-refractivity contribution in [3.05, 3.63) is 60.7 Å². The molecule has 1 nitrogen and oxygen atoms in total. The van der Waals surface area contributed by atoms with Crippen molar-refractivity contribution in [3.63, 3.8) is 0 Å². The summed E-state index contributed by atoms with van der Waals surface area (Å²) in [5.74, 6) is 0. The summed E-state index contributed by atoms with van der Waals surface area (Å²) in [6.07, 6.45) is 0.653. The van der Waals surface area contributed by atoms with E-state index in [0.717, 1.165) is 6.04 Å². The molecule has 0 atom stereocenters. The highest BCUT2D eigenvalue weighted by atomic mass is 28.3. The predicted molar refractivity (Wildman–Crippen MR) is 74.3 cm³/mol. The van der Waals surface area contributed by atoms with Gasteiger partial charge < -0.3 is 0 Å². The van der Waals surface area contributed by atoms with E-state index >= 15 is 0 Å². The van der Waals surface area contributed by atoms with Crippen LogP contribution in [-0.2, 0) is 0 Å². The van der Waals surface area contributed by atoms with Gasteiger partial charge in [0.15, 0.2) is 0 Å². The van der Waals surface area contributed by atoms with E-state index in [4.69, 9.17) is 5.26 Å². The van der Waals surface area contributed by atoms with Crippen molar-refractivity contribution in [2.24, 2.45) is 0 Å². The maximum Gasteiger partial charge on any atom is 0.104 e. The smallest absolute Gasteiger partial charge is 0.104 e. The predicted octanol–water partition coefficient (Wildman–Crippen LogP) is 1.94. The second-order valence-electron chi connectivity index (χ2n) is 4.07. The zero-order valence-electron chi connectivity index (χ0n) is 9.71. The lowest BCUT2D eigenvalue weighted by Crippen LogP contribution is -2.41. The molecule has 0 aromatic heterocycles. The molecule has 0 aliphatic heterocycles. The lowest BCUT2D eigenvalue weighted by molar-refractivity contribution is 1.20. The monoisotopic (exact) mass is 237 g/mol. The molecule has 0 aliphatic carbocycles. The van der Waals surface area contributed by atoms with E-state index in [2.05, 4.69) is 54.6 Å². The molecule has 0 radical (unpaired) electrons. The Kier molecular flexibility index (Phi) is 4.12. The lowest BCUT2D eigenvalue weighted by Gasteiger charge is -2.14. The van der Waals surface area contributed by atoms with Crippen LogP contribution in [0.4, 0.5) is 0 Å². The second kappa shape index (κ2) is 6.02. The largest absolute Gasteiger partial charge is 0.198 e. The Morgan fingerprint density at radius 3 is 1.71 bits per heavy atom. The maximum absolute atomic E-state index is 8.78. The SMILES string of the molecule is N#CCC[SiH](c1ccccc1)c1ccccc1. The standard InChI is InChI=1S/C15H15NSi/c16-12-7-13-17(14-8-3-1-4-9-14)15-10-5-2-6-11-15/h1-6,8-11,17H,7,13H2. The van der Waals surface area contributed by atoms with E-state index in [9.17, 15) is 0 Å². The maximum atomic E-state index is 8.78. The Bertz CT molecular complexity index is 448. The van der Waals surface area contributed by atoms with Crippen LogP contribution in [0, 0.1) is 11.3 Å². The van der Waals surface area contributed by atoms with Crippen molar-refractivity contribution >= 4 is 19.2 Å². The van der Waals surface area contributed by atoms with Crippen molar-refractivity contribution in [1.29, 1.82) is 5.26 Å². The number of hydrogen-bond acceptors (Lipinski definition) is 1. The highest BCUT2D eigenvalue weighted by Crippen LogP contribution is 2.00. The Labute approximate surface area is 104 Å². The molecule has 0 amide bonds. The van der Waals surface area contributed by atoms with E-state index in [0.29, 0.717) is 6.42 Å². The summed E-state index contributed by atoms with van der Waals surface area (Å²) in [6, 6.07) is 24.5. The number of nitrogens with zero attached hydrogens (tertiary/aromatic N) is 1. The van der Waals surface area contributed by atoms with Crippen LogP contribution in [0.3, 0.4) is 0 Å². The number of nitriles is 1. The van der Waals surface area contributed by atoms with Crippen LogP contribution >= 0.6 is 0 Å². The van der Waals surface area contributed by atoms with Crippen molar-refractivity contribution in [2.75, 3.05) is 0 Å². The first-order chi connectivity index (χ1) is 8.42. The lowest BCUT2D eigenvalue weighted by atomic mass is 10.4. The van der Waals surface area contributed by atoms with Gasteiger partial charge in [0.05, 0.1) is 6.07 Å². The van der Waals surface area contributed by atoms with Gasteiger partial charge in [-0.2, -0.15) is 5.26 Å². The van der Waals surface area contributed by atoms with E-state index in [1.807, 2.05) is 12.1 Å². The van der Waals surface area contributed by atoms with Gasteiger partial charge >= 0.3 is 0 Å². The van der Waals surface area contributed by atoms with Gasteiger partial charge in [0, 0.05) is 6.42 Å². The molecule has 0 saturated heterocycles. The van der Waals surface area contributed by atoms with Gasteiger partial charge in [-0.3, -0.25) is 0 Å². The van der Waals surface area contributed by atoms with Crippen LogP contribution < -0.4 is 10.4 Å². The highest BCUT2D eigenvalue weighted by Gasteiger charge is 2.14. The molecule has 0 fully saturated rings. The van der Waals surface area contributed by atoms with Gasteiger partial charge in [-0.15, -0.1) is 0 Å². The molecule has 0 heterocycles. The van der Waals surface area contributed by atoms with Gasteiger partial charge in [-0.25, -0.2) is 0 Å². The quantitative estimate of drug-likeness (QED) is 0.746.